The average molecular weight is 396 g/mol. The summed E-state index contributed by atoms with van der Waals surface area (Å²) in [5, 5.41) is 3.15. The first-order chi connectivity index (χ1) is 14.0. The maximum Gasteiger partial charge on any atom is 0.287 e. The Bertz CT molecular complexity index is 863. The van der Waals surface area contributed by atoms with Gasteiger partial charge in [0.25, 0.3) is 5.91 Å². The second-order valence-electron chi connectivity index (χ2n) is 8.67. The van der Waals surface area contributed by atoms with Crippen molar-refractivity contribution in [2.24, 2.45) is 5.92 Å². The zero-order valence-electron chi connectivity index (χ0n) is 17.5. The summed E-state index contributed by atoms with van der Waals surface area (Å²) in [6.45, 7) is 8.86. The van der Waals surface area contributed by atoms with Crippen LogP contribution in [0.15, 0.2) is 42.5 Å². The van der Waals surface area contributed by atoms with Crippen LogP contribution in [0.4, 0.5) is 5.69 Å². The van der Waals surface area contributed by atoms with Crippen molar-refractivity contribution in [2.45, 2.75) is 45.6 Å². The van der Waals surface area contributed by atoms with E-state index in [2.05, 4.69) is 38.2 Å². The van der Waals surface area contributed by atoms with E-state index in [0.29, 0.717) is 11.8 Å². The van der Waals surface area contributed by atoms with E-state index in [1.807, 2.05) is 30.3 Å². The van der Waals surface area contributed by atoms with Gasteiger partial charge in [0.05, 0.1) is 13.1 Å². The Morgan fingerprint density at radius 3 is 2.52 bits per heavy atom. The molecule has 0 bridgehead atoms. The topological polar surface area (TPSA) is 52.0 Å². The predicted molar refractivity (Wildman–Crippen MR) is 114 cm³/mol. The quantitative estimate of drug-likeness (QED) is 0.814. The lowest BCUT2D eigenvalue weighted by Crippen LogP contribution is -3.14. The Hall–Kier alpha value is -2.53. The van der Waals surface area contributed by atoms with E-state index in [1.54, 1.807) is 0 Å². The number of likely N-dealkylation sites (tertiary alicyclic amines) is 1. The SMILES string of the molecule is CC1CCC[NH+](C(C(=O)Nc2ccc(C(C)C)cc2)c2ccc3c(c2)OCO3)C1. The molecule has 3 unspecified atom stereocenters. The van der Waals surface area contributed by atoms with Crippen molar-refractivity contribution in [1.82, 2.24) is 0 Å². The molecule has 2 heterocycles. The molecule has 0 aromatic heterocycles. The summed E-state index contributed by atoms with van der Waals surface area (Å²) in [6, 6.07) is 13.8. The number of hydrogen-bond donors (Lipinski definition) is 2. The lowest BCUT2D eigenvalue weighted by Gasteiger charge is -2.33. The van der Waals surface area contributed by atoms with E-state index < -0.39 is 0 Å². The zero-order chi connectivity index (χ0) is 20.4. The summed E-state index contributed by atoms with van der Waals surface area (Å²) in [5.74, 6) is 2.60. The number of rotatable bonds is 5. The molecule has 29 heavy (non-hydrogen) atoms. The first kappa shape index (κ1) is 19.8. The molecule has 2 N–H and O–H groups in total. The van der Waals surface area contributed by atoms with Crippen molar-refractivity contribution in [3.05, 3.63) is 53.6 Å². The number of benzene rings is 2. The number of fused-ring (bicyclic) bond motifs is 1. The Kier molecular flexibility index (Phi) is 5.76. The minimum Gasteiger partial charge on any atom is -0.454 e. The number of piperidine rings is 1. The second-order valence-corrected chi connectivity index (χ2v) is 8.67. The lowest BCUT2D eigenvalue weighted by molar-refractivity contribution is -0.929. The van der Waals surface area contributed by atoms with Gasteiger partial charge in [-0.05, 0) is 54.7 Å². The molecule has 1 amide bonds. The maximum absolute atomic E-state index is 13.4. The van der Waals surface area contributed by atoms with E-state index in [9.17, 15) is 4.79 Å². The molecule has 1 fully saturated rings. The standard InChI is InChI=1S/C24H30N2O3/c1-16(2)18-6-9-20(10-7-18)25-24(27)23(26-12-4-5-17(3)14-26)19-8-11-21-22(13-19)29-15-28-21/h6-11,13,16-17,23H,4-5,12,14-15H2,1-3H3,(H,25,27)/p+1. The fraction of sp³-hybridized carbons (Fsp3) is 0.458. The van der Waals surface area contributed by atoms with E-state index in [1.165, 1.54) is 16.9 Å². The van der Waals surface area contributed by atoms with Crippen LogP contribution in [0.25, 0.3) is 0 Å². The molecule has 2 aromatic rings. The monoisotopic (exact) mass is 395 g/mol. The fourth-order valence-electron chi connectivity index (χ4n) is 4.42. The third-order valence-corrected chi connectivity index (χ3v) is 6.05. The summed E-state index contributed by atoms with van der Waals surface area (Å²) in [4.78, 5) is 14.8. The molecule has 0 aliphatic carbocycles. The largest absolute Gasteiger partial charge is 0.454 e. The Labute approximate surface area is 173 Å². The minimum atomic E-state index is -0.267. The summed E-state index contributed by atoms with van der Waals surface area (Å²) < 4.78 is 11.0. The molecule has 1 saturated heterocycles. The van der Waals surface area contributed by atoms with E-state index in [0.717, 1.165) is 42.3 Å². The van der Waals surface area contributed by atoms with Crippen molar-refractivity contribution in [3.63, 3.8) is 0 Å². The van der Waals surface area contributed by atoms with Gasteiger partial charge in [0.2, 0.25) is 6.79 Å². The highest BCUT2D eigenvalue weighted by atomic mass is 16.7. The Morgan fingerprint density at radius 1 is 1.07 bits per heavy atom. The van der Waals surface area contributed by atoms with Gasteiger partial charge >= 0.3 is 0 Å². The van der Waals surface area contributed by atoms with Gasteiger partial charge in [0.1, 0.15) is 0 Å². The van der Waals surface area contributed by atoms with Gasteiger partial charge in [-0.25, -0.2) is 0 Å². The van der Waals surface area contributed by atoms with E-state index in [4.69, 9.17) is 9.47 Å². The number of amides is 1. The summed E-state index contributed by atoms with van der Waals surface area (Å²) in [7, 11) is 0. The van der Waals surface area contributed by atoms with Crippen LogP contribution in [-0.2, 0) is 4.79 Å². The van der Waals surface area contributed by atoms with Gasteiger partial charge in [-0.1, -0.05) is 32.9 Å². The molecule has 154 valence electrons. The predicted octanol–water partition coefficient (Wildman–Crippen LogP) is 3.53. The highest BCUT2D eigenvalue weighted by molar-refractivity contribution is 5.94. The van der Waals surface area contributed by atoms with Crippen molar-refractivity contribution in [2.75, 3.05) is 25.2 Å². The highest BCUT2D eigenvalue weighted by Gasteiger charge is 2.35. The van der Waals surface area contributed by atoms with Crippen LogP contribution >= 0.6 is 0 Å². The number of ether oxygens (including phenoxy) is 2. The van der Waals surface area contributed by atoms with Crippen LogP contribution in [0.1, 0.15) is 56.7 Å². The third-order valence-electron chi connectivity index (χ3n) is 6.05. The number of anilines is 1. The van der Waals surface area contributed by atoms with E-state index in [-0.39, 0.29) is 18.7 Å². The first-order valence-corrected chi connectivity index (χ1v) is 10.7. The number of hydrogen-bond acceptors (Lipinski definition) is 3. The molecular formula is C24H31N2O3+. The molecule has 2 aliphatic rings. The van der Waals surface area contributed by atoms with Crippen LogP contribution in [0.5, 0.6) is 11.5 Å². The zero-order valence-corrected chi connectivity index (χ0v) is 17.5. The van der Waals surface area contributed by atoms with Crippen molar-refractivity contribution in [1.29, 1.82) is 0 Å². The molecule has 0 spiro atoms. The second kappa shape index (κ2) is 8.46. The smallest absolute Gasteiger partial charge is 0.287 e. The van der Waals surface area contributed by atoms with Crippen molar-refractivity contribution in [3.8, 4) is 11.5 Å². The number of carbonyl (C=O) groups excluding carboxylic acids is 1. The molecule has 5 nitrogen and oxygen atoms in total. The summed E-state index contributed by atoms with van der Waals surface area (Å²) in [5.41, 5.74) is 3.09. The van der Waals surface area contributed by atoms with E-state index >= 15 is 0 Å². The minimum absolute atomic E-state index is 0.0327. The van der Waals surface area contributed by atoms with Crippen molar-refractivity contribution < 1.29 is 19.2 Å². The Balaban J connectivity index is 1.59. The Morgan fingerprint density at radius 2 is 1.79 bits per heavy atom. The van der Waals surface area contributed by atoms with Gasteiger partial charge in [0.15, 0.2) is 17.5 Å². The number of nitrogens with one attached hydrogen (secondary N) is 2. The molecule has 0 radical (unpaired) electrons. The fourth-order valence-corrected chi connectivity index (χ4v) is 4.42. The molecule has 0 saturated carbocycles. The van der Waals surface area contributed by atoms with Crippen LogP contribution in [0, 0.1) is 5.92 Å². The molecule has 2 aliphatic heterocycles. The van der Waals surface area contributed by atoms with Crippen molar-refractivity contribution >= 4 is 11.6 Å². The lowest BCUT2D eigenvalue weighted by atomic mass is 9.95. The van der Waals surface area contributed by atoms with Gasteiger partial charge < -0.3 is 19.7 Å². The van der Waals surface area contributed by atoms with Crippen LogP contribution in [-0.4, -0.2) is 25.8 Å². The maximum atomic E-state index is 13.4. The molecule has 2 aromatic carbocycles. The first-order valence-electron chi connectivity index (χ1n) is 10.7. The van der Waals surface area contributed by atoms with Crippen LogP contribution < -0.4 is 19.7 Å². The third kappa shape index (κ3) is 4.40. The molecule has 3 atom stereocenters. The van der Waals surface area contributed by atoms with Gasteiger partial charge in [-0.15, -0.1) is 0 Å². The van der Waals surface area contributed by atoms with Crippen LogP contribution in [0.3, 0.4) is 0 Å². The number of carbonyl (C=O) groups is 1. The molecular weight excluding hydrogens is 364 g/mol. The van der Waals surface area contributed by atoms with Gasteiger partial charge in [0, 0.05) is 17.2 Å². The highest BCUT2D eigenvalue weighted by Crippen LogP contribution is 2.34. The van der Waals surface area contributed by atoms with Crippen LogP contribution in [0.2, 0.25) is 0 Å². The van der Waals surface area contributed by atoms with Gasteiger partial charge in [-0.3, -0.25) is 4.79 Å². The average Bonchev–Trinajstić information content (AvgIpc) is 3.16. The normalized spacial score (nSPS) is 21.8. The summed E-state index contributed by atoms with van der Waals surface area (Å²) >= 11 is 0. The number of quaternary nitrogens is 1. The molecule has 5 heteroatoms. The van der Waals surface area contributed by atoms with Gasteiger partial charge in [-0.2, -0.15) is 0 Å². The molecule has 4 rings (SSSR count). The summed E-state index contributed by atoms with van der Waals surface area (Å²) in [6.07, 6.45) is 2.38.